The Hall–Kier alpha value is -1.39. The lowest BCUT2D eigenvalue weighted by atomic mass is 9.95. The fourth-order valence-electron chi connectivity index (χ4n) is 2.11. The van der Waals surface area contributed by atoms with Crippen molar-refractivity contribution >= 4 is 5.97 Å². The Bertz CT molecular complexity index is 406. The van der Waals surface area contributed by atoms with Gasteiger partial charge in [-0.1, -0.05) is 24.3 Å². The van der Waals surface area contributed by atoms with Crippen LogP contribution in [0.4, 0.5) is 0 Å². The molecule has 0 aromatic heterocycles. The molecule has 1 atom stereocenters. The summed E-state index contributed by atoms with van der Waals surface area (Å²) in [5.74, 6) is -1.23. The first-order chi connectivity index (χ1) is 8.09. The van der Waals surface area contributed by atoms with E-state index in [1.165, 1.54) is 0 Å². The molecule has 1 saturated carbocycles. The Morgan fingerprint density at radius 3 is 2.41 bits per heavy atom. The number of rotatable bonds is 5. The number of hydrogen-bond donors (Lipinski definition) is 2. The van der Waals surface area contributed by atoms with Crippen LogP contribution in [0.1, 0.15) is 30.1 Å². The van der Waals surface area contributed by atoms with Crippen LogP contribution in [0.2, 0.25) is 0 Å². The van der Waals surface area contributed by atoms with Gasteiger partial charge in [0.2, 0.25) is 0 Å². The maximum Gasteiger partial charge on any atom is 0.337 e. The van der Waals surface area contributed by atoms with Crippen LogP contribution in [0.5, 0.6) is 0 Å². The first-order valence-electron chi connectivity index (χ1n) is 5.59. The molecule has 4 heteroatoms. The highest BCUT2D eigenvalue weighted by Crippen LogP contribution is 2.48. The molecule has 92 valence electrons. The molecule has 1 aromatic rings. The first kappa shape index (κ1) is 12.1. The molecular weight excluding hydrogens is 220 g/mol. The first-order valence-corrected chi connectivity index (χ1v) is 5.59. The van der Waals surface area contributed by atoms with Crippen molar-refractivity contribution in [2.24, 2.45) is 0 Å². The predicted octanol–water partition coefficient (Wildman–Crippen LogP) is 1.48. The summed E-state index contributed by atoms with van der Waals surface area (Å²) in [5.41, 5.74) is 1.68. The number of aliphatic carboxylic acids is 1. The molecule has 2 N–H and O–H groups in total. The normalized spacial score (nSPS) is 18.7. The number of benzene rings is 1. The predicted molar refractivity (Wildman–Crippen MR) is 61.8 cm³/mol. The second kappa shape index (κ2) is 4.47. The summed E-state index contributed by atoms with van der Waals surface area (Å²) in [6.45, 7) is 0.688. The molecule has 1 aliphatic rings. The third kappa shape index (κ3) is 2.33. The Balaban J connectivity index is 2.16. The monoisotopic (exact) mass is 236 g/mol. The molecule has 1 unspecified atom stereocenters. The van der Waals surface area contributed by atoms with Gasteiger partial charge in [0.1, 0.15) is 0 Å². The molecule has 0 amide bonds. The molecule has 1 aliphatic carbocycles. The third-order valence-electron chi connectivity index (χ3n) is 3.35. The highest BCUT2D eigenvalue weighted by atomic mass is 16.5. The summed E-state index contributed by atoms with van der Waals surface area (Å²) in [6, 6.07) is 7.11. The fourth-order valence-corrected chi connectivity index (χ4v) is 2.11. The number of carbonyl (C=O) groups is 1. The maximum atomic E-state index is 10.6. The summed E-state index contributed by atoms with van der Waals surface area (Å²) < 4.78 is 5.20. The Morgan fingerprint density at radius 2 is 2.00 bits per heavy atom. The van der Waals surface area contributed by atoms with Gasteiger partial charge in [-0.25, -0.2) is 4.79 Å². The van der Waals surface area contributed by atoms with Gasteiger partial charge in [0, 0.05) is 12.5 Å². The standard InChI is InChI=1S/C13H16O4/c1-17-8-13(6-7-13)10-4-2-9(3-5-10)11(14)12(15)16/h2-5,11,14H,6-8H2,1H3,(H,15,16). The van der Waals surface area contributed by atoms with Crippen molar-refractivity contribution in [1.82, 2.24) is 0 Å². The number of carboxylic acid groups (broad SMARTS) is 1. The third-order valence-corrected chi connectivity index (χ3v) is 3.35. The molecule has 4 nitrogen and oxygen atoms in total. The highest BCUT2D eigenvalue weighted by Gasteiger charge is 2.44. The van der Waals surface area contributed by atoms with Crippen molar-refractivity contribution in [3.05, 3.63) is 35.4 Å². The van der Waals surface area contributed by atoms with Crippen molar-refractivity contribution in [1.29, 1.82) is 0 Å². The van der Waals surface area contributed by atoms with Gasteiger partial charge < -0.3 is 14.9 Å². The van der Waals surface area contributed by atoms with E-state index in [1.54, 1.807) is 19.2 Å². The van der Waals surface area contributed by atoms with Gasteiger partial charge in [-0.3, -0.25) is 0 Å². The summed E-state index contributed by atoms with van der Waals surface area (Å²) >= 11 is 0. The molecule has 0 bridgehead atoms. The lowest BCUT2D eigenvalue weighted by Gasteiger charge is -2.15. The van der Waals surface area contributed by atoms with E-state index in [9.17, 15) is 9.90 Å². The zero-order chi connectivity index (χ0) is 12.5. The minimum Gasteiger partial charge on any atom is -0.479 e. The number of carboxylic acids is 1. The zero-order valence-corrected chi connectivity index (χ0v) is 9.72. The Morgan fingerprint density at radius 1 is 1.41 bits per heavy atom. The number of aliphatic hydroxyl groups is 1. The number of aliphatic hydroxyl groups excluding tert-OH is 1. The van der Waals surface area contributed by atoms with E-state index in [0.29, 0.717) is 12.2 Å². The number of methoxy groups -OCH3 is 1. The van der Waals surface area contributed by atoms with Gasteiger partial charge in [0.15, 0.2) is 6.10 Å². The Labute approximate surface area is 99.8 Å². The SMILES string of the molecule is COCC1(c2ccc(C(O)C(=O)O)cc2)CC1. The van der Waals surface area contributed by atoms with E-state index in [2.05, 4.69) is 0 Å². The van der Waals surface area contributed by atoms with E-state index in [4.69, 9.17) is 9.84 Å². The number of ether oxygens (including phenoxy) is 1. The van der Waals surface area contributed by atoms with E-state index in [-0.39, 0.29) is 5.41 Å². The van der Waals surface area contributed by atoms with Gasteiger partial charge in [0.05, 0.1) is 6.61 Å². The van der Waals surface area contributed by atoms with Crippen LogP contribution in [0, 0.1) is 0 Å². The number of hydrogen-bond acceptors (Lipinski definition) is 3. The van der Waals surface area contributed by atoms with Crippen LogP contribution in [0.25, 0.3) is 0 Å². The van der Waals surface area contributed by atoms with Crippen LogP contribution in [-0.2, 0) is 14.9 Å². The molecule has 0 spiro atoms. The van der Waals surface area contributed by atoms with Gasteiger partial charge in [-0.05, 0) is 24.0 Å². The molecule has 2 rings (SSSR count). The lowest BCUT2D eigenvalue weighted by molar-refractivity contribution is -0.146. The van der Waals surface area contributed by atoms with Crippen molar-refractivity contribution in [3.8, 4) is 0 Å². The topological polar surface area (TPSA) is 66.8 Å². The average Bonchev–Trinajstić information content (AvgIpc) is 3.10. The van der Waals surface area contributed by atoms with Gasteiger partial charge >= 0.3 is 5.97 Å². The largest absolute Gasteiger partial charge is 0.479 e. The molecule has 0 heterocycles. The van der Waals surface area contributed by atoms with E-state index in [1.807, 2.05) is 12.1 Å². The summed E-state index contributed by atoms with van der Waals surface area (Å²) in [4.78, 5) is 10.6. The molecule has 0 aliphatic heterocycles. The van der Waals surface area contributed by atoms with Crippen molar-refractivity contribution < 1.29 is 19.7 Å². The summed E-state index contributed by atoms with van der Waals surface area (Å²) in [5, 5.41) is 18.1. The van der Waals surface area contributed by atoms with Gasteiger partial charge in [0.25, 0.3) is 0 Å². The maximum absolute atomic E-state index is 10.6. The quantitative estimate of drug-likeness (QED) is 0.812. The van der Waals surface area contributed by atoms with Crippen LogP contribution in [0.15, 0.2) is 24.3 Å². The molecular formula is C13H16O4. The van der Waals surface area contributed by atoms with Crippen molar-refractivity contribution in [3.63, 3.8) is 0 Å². The van der Waals surface area contributed by atoms with Crippen molar-refractivity contribution in [2.75, 3.05) is 13.7 Å². The smallest absolute Gasteiger partial charge is 0.337 e. The summed E-state index contributed by atoms with van der Waals surface area (Å²) in [6.07, 6.45) is 0.755. The highest BCUT2D eigenvalue weighted by molar-refractivity contribution is 5.74. The van der Waals surface area contributed by atoms with Crippen LogP contribution < -0.4 is 0 Å². The second-order valence-corrected chi connectivity index (χ2v) is 4.58. The van der Waals surface area contributed by atoms with Crippen LogP contribution in [0.3, 0.4) is 0 Å². The molecule has 1 fully saturated rings. The minimum atomic E-state index is -1.44. The molecule has 0 radical (unpaired) electrons. The lowest BCUT2D eigenvalue weighted by Crippen LogP contribution is -2.15. The van der Waals surface area contributed by atoms with Gasteiger partial charge in [-0.15, -0.1) is 0 Å². The Kier molecular flexibility index (Phi) is 3.17. The molecule has 17 heavy (non-hydrogen) atoms. The minimum absolute atomic E-state index is 0.113. The van der Waals surface area contributed by atoms with Crippen molar-refractivity contribution in [2.45, 2.75) is 24.4 Å². The fraction of sp³-hybridized carbons (Fsp3) is 0.462. The average molecular weight is 236 g/mol. The second-order valence-electron chi connectivity index (χ2n) is 4.58. The summed E-state index contributed by atoms with van der Waals surface area (Å²) in [7, 11) is 1.68. The van der Waals surface area contributed by atoms with E-state index < -0.39 is 12.1 Å². The van der Waals surface area contributed by atoms with E-state index >= 15 is 0 Å². The molecule has 1 aromatic carbocycles. The van der Waals surface area contributed by atoms with Gasteiger partial charge in [-0.2, -0.15) is 0 Å². The van der Waals surface area contributed by atoms with Crippen LogP contribution in [-0.4, -0.2) is 29.9 Å². The van der Waals surface area contributed by atoms with E-state index in [0.717, 1.165) is 18.4 Å². The zero-order valence-electron chi connectivity index (χ0n) is 9.72. The molecule has 0 saturated heterocycles. The van der Waals surface area contributed by atoms with Crippen LogP contribution >= 0.6 is 0 Å².